The number of fused-ring (bicyclic) bond motifs is 1. The molecule has 0 spiro atoms. The number of hydrogen-bond acceptors (Lipinski definition) is 4. The fraction of sp³-hybridized carbons (Fsp3) is 0.0952. The van der Waals surface area contributed by atoms with Gasteiger partial charge in [0, 0.05) is 21.7 Å². The molecule has 0 fully saturated rings. The third-order valence-corrected chi connectivity index (χ3v) is 5.56. The number of nitrogens with one attached hydrogen (secondary N) is 1. The van der Waals surface area contributed by atoms with Crippen molar-refractivity contribution in [2.45, 2.75) is 13.5 Å². The normalized spacial score (nSPS) is 10.9. The van der Waals surface area contributed by atoms with Gasteiger partial charge in [-0.15, -0.1) is 11.3 Å². The predicted molar refractivity (Wildman–Crippen MR) is 114 cm³/mol. The molecule has 0 atom stereocenters. The van der Waals surface area contributed by atoms with E-state index in [1.807, 2.05) is 36.6 Å². The van der Waals surface area contributed by atoms with E-state index in [0.717, 1.165) is 11.1 Å². The summed E-state index contributed by atoms with van der Waals surface area (Å²) in [5.74, 6) is -0.305. The van der Waals surface area contributed by atoms with Gasteiger partial charge in [-0.05, 0) is 36.8 Å². The summed E-state index contributed by atoms with van der Waals surface area (Å²) >= 11 is 7.19. The summed E-state index contributed by atoms with van der Waals surface area (Å²) in [7, 11) is 0. The number of aromatic nitrogens is 2. The number of nitrogens with zero attached hydrogens (tertiary/aromatic N) is 2. The number of hydrogen-bond donors (Lipinski definition) is 1. The number of amides is 1. The first-order chi connectivity index (χ1) is 13.5. The van der Waals surface area contributed by atoms with E-state index in [4.69, 9.17) is 11.6 Å². The van der Waals surface area contributed by atoms with Gasteiger partial charge in [-0.3, -0.25) is 14.2 Å². The number of benzene rings is 2. The van der Waals surface area contributed by atoms with Crippen LogP contribution in [0.25, 0.3) is 21.3 Å². The molecule has 4 aromatic rings. The summed E-state index contributed by atoms with van der Waals surface area (Å²) in [6, 6.07) is 14.9. The van der Waals surface area contributed by atoms with Gasteiger partial charge in [0.05, 0.1) is 11.8 Å². The lowest BCUT2D eigenvalue weighted by molar-refractivity contribution is -0.116. The van der Waals surface area contributed by atoms with Crippen LogP contribution >= 0.6 is 22.9 Å². The molecule has 0 saturated carbocycles. The minimum absolute atomic E-state index is 0.109. The fourth-order valence-corrected chi connectivity index (χ4v) is 3.98. The number of thiophene rings is 1. The van der Waals surface area contributed by atoms with Crippen molar-refractivity contribution in [3.63, 3.8) is 0 Å². The zero-order chi connectivity index (χ0) is 19.7. The second kappa shape index (κ2) is 7.58. The van der Waals surface area contributed by atoms with Crippen LogP contribution in [0.15, 0.2) is 65.0 Å². The standard InChI is InChI=1S/C21H16ClN3O2S/c1-13-2-4-14(5-3-13)17-11-28-20-19(17)23-12-25(21(20)27)10-18(26)24-16-8-6-15(22)7-9-16/h2-9,11-12H,10H2,1H3,(H,24,26). The van der Waals surface area contributed by atoms with Crippen LogP contribution in [0.4, 0.5) is 5.69 Å². The van der Waals surface area contributed by atoms with Crippen LogP contribution in [0.3, 0.4) is 0 Å². The maximum absolute atomic E-state index is 12.8. The van der Waals surface area contributed by atoms with E-state index in [-0.39, 0.29) is 18.0 Å². The predicted octanol–water partition coefficient (Wildman–Crippen LogP) is 4.73. The zero-order valence-electron chi connectivity index (χ0n) is 15.0. The molecule has 5 nitrogen and oxygen atoms in total. The Hall–Kier alpha value is -2.96. The van der Waals surface area contributed by atoms with Crippen molar-refractivity contribution in [1.82, 2.24) is 9.55 Å². The lowest BCUT2D eigenvalue weighted by Crippen LogP contribution is -2.27. The second-order valence-electron chi connectivity index (χ2n) is 6.43. The highest BCUT2D eigenvalue weighted by atomic mass is 35.5. The Morgan fingerprint density at radius 1 is 1.14 bits per heavy atom. The number of carbonyl (C=O) groups is 1. The summed E-state index contributed by atoms with van der Waals surface area (Å²) in [6.07, 6.45) is 1.43. The summed E-state index contributed by atoms with van der Waals surface area (Å²) in [5.41, 5.74) is 4.17. The molecule has 2 heterocycles. The zero-order valence-corrected chi connectivity index (χ0v) is 16.6. The van der Waals surface area contributed by atoms with Gasteiger partial charge in [0.25, 0.3) is 5.56 Å². The Labute approximate surface area is 170 Å². The van der Waals surface area contributed by atoms with Crippen molar-refractivity contribution >= 4 is 44.7 Å². The molecule has 1 amide bonds. The highest BCUT2D eigenvalue weighted by molar-refractivity contribution is 7.17. The molecule has 2 aromatic carbocycles. The number of rotatable bonds is 4. The average molecular weight is 410 g/mol. The van der Waals surface area contributed by atoms with E-state index in [2.05, 4.69) is 10.3 Å². The highest BCUT2D eigenvalue weighted by Crippen LogP contribution is 2.30. The average Bonchev–Trinajstić information content (AvgIpc) is 3.11. The molecule has 0 aliphatic rings. The van der Waals surface area contributed by atoms with Crippen molar-refractivity contribution in [3.05, 3.63) is 81.2 Å². The van der Waals surface area contributed by atoms with Crippen LogP contribution in [-0.2, 0) is 11.3 Å². The highest BCUT2D eigenvalue weighted by Gasteiger charge is 2.14. The molecule has 0 aliphatic carbocycles. The van der Waals surface area contributed by atoms with E-state index >= 15 is 0 Å². The Bertz CT molecular complexity index is 1210. The number of carbonyl (C=O) groups excluding carboxylic acids is 1. The van der Waals surface area contributed by atoms with Gasteiger partial charge in [-0.25, -0.2) is 4.98 Å². The first-order valence-corrected chi connectivity index (χ1v) is 9.86. The van der Waals surface area contributed by atoms with E-state index < -0.39 is 0 Å². The van der Waals surface area contributed by atoms with Crippen LogP contribution in [0.2, 0.25) is 5.02 Å². The van der Waals surface area contributed by atoms with Crippen molar-refractivity contribution in [2.75, 3.05) is 5.32 Å². The second-order valence-corrected chi connectivity index (χ2v) is 7.74. The first-order valence-electron chi connectivity index (χ1n) is 8.60. The number of halogens is 1. The van der Waals surface area contributed by atoms with Gasteiger partial charge in [-0.2, -0.15) is 0 Å². The monoisotopic (exact) mass is 409 g/mol. The van der Waals surface area contributed by atoms with Crippen LogP contribution in [0.5, 0.6) is 0 Å². The SMILES string of the molecule is Cc1ccc(-c2csc3c(=O)n(CC(=O)Nc4ccc(Cl)cc4)cnc23)cc1. The largest absolute Gasteiger partial charge is 0.325 e. The topological polar surface area (TPSA) is 64.0 Å². The lowest BCUT2D eigenvalue weighted by atomic mass is 10.1. The molecule has 140 valence electrons. The van der Waals surface area contributed by atoms with Gasteiger partial charge in [0.15, 0.2) is 0 Å². The molecule has 28 heavy (non-hydrogen) atoms. The first kappa shape index (κ1) is 18.4. The fourth-order valence-electron chi connectivity index (χ4n) is 2.88. The van der Waals surface area contributed by atoms with Gasteiger partial charge < -0.3 is 5.32 Å². The van der Waals surface area contributed by atoms with E-state index in [1.165, 1.54) is 27.8 Å². The smallest absolute Gasteiger partial charge is 0.271 e. The van der Waals surface area contributed by atoms with Gasteiger partial charge >= 0.3 is 0 Å². The summed E-state index contributed by atoms with van der Waals surface area (Å²) in [6.45, 7) is 1.92. The molecule has 1 N–H and O–H groups in total. The van der Waals surface area contributed by atoms with Crippen LogP contribution in [0, 0.1) is 6.92 Å². The minimum atomic E-state index is -0.305. The molecule has 2 aromatic heterocycles. The molecule has 0 aliphatic heterocycles. The van der Waals surface area contributed by atoms with Crippen molar-refractivity contribution in [2.24, 2.45) is 0 Å². The Morgan fingerprint density at radius 3 is 2.57 bits per heavy atom. The van der Waals surface area contributed by atoms with E-state index in [1.54, 1.807) is 24.3 Å². The number of anilines is 1. The molecule has 7 heteroatoms. The molecule has 0 unspecified atom stereocenters. The van der Waals surface area contributed by atoms with Gasteiger partial charge in [0.1, 0.15) is 11.2 Å². The van der Waals surface area contributed by atoms with E-state index in [9.17, 15) is 9.59 Å². The minimum Gasteiger partial charge on any atom is -0.325 e. The summed E-state index contributed by atoms with van der Waals surface area (Å²) in [4.78, 5) is 29.5. The third-order valence-electron chi connectivity index (χ3n) is 4.35. The quantitative estimate of drug-likeness (QED) is 0.530. The maximum Gasteiger partial charge on any atom is 0.271 e. The maximum atomic E-state index is 12.8. The van der Waals surface area contributed by atoms with Crippen molar-refractivity contribution < 1.29 is 4.79 Å². The van der Waals surface area contributed by atoms with Crippen LogP contribution < -0.4 is 10.9 Å². The molecular weight excluding hydrogens is 394 g/mol. The molecule has 4 rings (SSSR count). The van der Waals surface area contributed by atoms with Crippen molar-refractivity contribution in [3.8, 4) is 11.1 Å². The van der Waals surface area contributed by atoms with Crippen molar-refractivity contribution in [1.29, 1.82) is 0 Å². The molecular formula is C21H16ClN3O2S. The molecule has 0 radical (unpaired) electrons. The van der Waals surface area contributed by atoms with Crippen LogP contribution in [0.1, 0.15) is 5.56 Å². The Balaban J connectivity index is 1.60. The van der Waals surface area contributed by atoms with Gasteiger partial charge in [0.2, 0.25) is 5.91 Å². The Morgan fingerprint density at radius 2 is 1.86 bits per heavy atom. The lowest BCUT2D eigenvalue weighted by Gasteiger charge is -2.07. The van der Waals surface area contributed by atoms with Crippen LogP contribution in [-0.4, -0.2) is 15.5 Å². The van der Waals surface area contributed by atoms with Gasteiger partial charge in [-0.1, -0.05) is 41.4 Å². The Kier molecular flexibility index (Phi) is 4.98. The van der Waals surface area contributed by atoms with E-state index in [0.29, 0.717) is 20.9 Å². The molecule has 0 saturated heterocycles. The number of aryl methyl sites for hydroxylation is 1. The molecule has 0 bridgehead atoms. The third kappa shape index (κ3) is 3.69. The summed E-state index contributed by atoms with van der Waals surface area (Å²) < 4.78 is 1.86. The summed E-state index contributed by atoms with van der Waals surface area (Å²) in [5, 5.41) is 5.27.